The first-order valence-corrected chi connectivity index (χ1v) is 8.78. The lowest BCUT2D eigenvalue weighted by Crippen LogP contribution is -2.24. The summed E-state index contributed by atoms with van der Waals surface area (Å²) < 4.78 is 27.4. The largest absolute Gasteiger partial charge is 0.474 e. The summed E-state index contributed by atoms with van der Waals surface area (Å²) in [6, 6.07) is 4.98. The monoisotopic (exact) mass is 361 g/mol. The van der Waals surface area contributed by atoms with Crippen molar-refractivity contribution in [3.63, 3.8) is 0 Å². The van der Waals surface area contributed by atoms with Crippen LogP contribution in [0.1, 0.15) is 36.2 Å². The number of esters is 1. The molecule has 1 aliphatic rings. The Hall–Kier alpha value is -2.41. The molecule has 0 fully saturated rings. The molecule has 2 aromatic rings. The number of carbonyl (C=O) groups is 1. The van der Waals surface area contributed by atoms with Crippen LogP contribution in [-0.4, -0.2) is 47.5 Å². The van der Waals surface area contributed by atoms with E-state index in [0.29, 0.717) is 19.0 Å². The van der Waals surface area contributed by atoms with Gasteiger partial charge < -0.3 is 14.4 Å². The van der Waals surface area contributed by atoms with Crippen molar-refractivity contribution < 1.29 is 18.7 Å². The first kappa shape index (κ1) is 18.4. The highest BCUT2D eigenvalue weighted by molar-refractivity contribution is 5.99. The third kappa shape index (κ3) is 3.58. The Bertz CT molecular complexity index is 817. The van der Waals surface area contributed by atoms with Gasteiger partial charge in [0.15, 0.2) is 0 Å². The van der Waals surface area contributed by atoms with E-state index in [9.17, 15) is 9.18 Å². The molecule has 1 atom stereocenters. The van der Waals surface area contributed by atoms with Gasteiger partial charge in [0.2, 0.25) is 5.88 Å². The van der Waals surface area contributed by atoms with Gasteiger partial charge in [0.25, 0.3) is 0 Å². The lowest BCUT2D eigenvalue weighted by molar-refractivity contribution is 0.0515. The van der Waals surface area contributed by atoms with Crippen LogP contribution in [0.2, 0.25) is 0 Å². The molecule has 0 N–H and O–H groups in total. The Labute approximate surface area is 152 Å². The highest BCUT2D eigenvalue weighted by Crippen LogP contribution is 2.36. The average Bonchev–Trinajstić information content (AvgIpc) is 2.92. The SMILES string of the molecule is CCOC(=O)c1c(-c2ccc(CN(C)C)cc2F)nn2c1O[C@H](C)CC2. The number of rotatable bonds is 5. The molecule has 0 unspecified atom stereocenters. The summed E-state index contributed by atoms with van der Waals surface area (Å²) in [6.07, 6.45) is 0.744. The molecule has 1 aromatic heterocycles. The topological polar surface area (TPSA) is 56.6 Å². The molecule has 0 spiro atoms. The van der Waals surface area contributed by atoms with Crippen LogP contribution in [-0.2, 0) is 17.8 Å². The highest BCUT2D eigenvalue weighted by Gasteiger charge is 2.31. The molecule has 0 saturated carbocycles. The summed E-state index contributed by atoms with van der Waals surface area (Å²) in [7, 11) is 3.85. The quantitative estimate of drug-likeness (QED) is 0.766. The van der Waals surface area contributed by atoms with Crippen molar-refractivity contribution >= 4 is 5.97 Å². The van der Waals surface area contributed by atoms with Crippen LogP contribution < -0.4 is 4.74 Å². The number of hydrogen-bond donors (Lipinski definition) is 0. The summed E-state index contributed by atoms with van der Waals surface area (Å²) >= 11 is 0. The van der Waals surface area contributed by atoms with Crippen molar-refractivity contribution in [3.05, 3.63) is 35.1 Å². The molecule has 1 aromatic carbocycles. The molecule has 0 bridgehead atoms. The maximum absolute atomic E-state index is 14.8. The molecule has 0 amide bonds. The average molecular weight is 361 g/mol. The normalized spacial score (nSPS) is 16.3. The number of halogens is 1. The van der Waals surface area contributed by atoms with Crippen molar-refractivity contribution in [1.82, 2.24) is 14.7 Å². The Balaban J connectivity index is 2.08. The number of hydrogen-bond acceptors (Lipinski definition) is 5. The van der Waals surface area contributed by atoms with Crippen LogP contribution in [0, 0.1) is 5.82 Å². The maximum Gasteiger partial charge on any atom is 0.345 e. The van der Waals surface area contributed by atoms with Crippen LogP contribution in [0.3, 0.4) is 0 Å². The van der Waals surface area contributed by atoms with Gasteiger partial charge in [-0.1, -0.05) is 6.07 Å². The number of carbonyl (C=O) groups excluding carboxylic acids is 1. The van der Waals surface area contributed by atoms with Crippen molar-refractivity contribution in [2.45, 2.75) is 39.5 Å². The van der Waals surface area contributed by atoms with Gasteiger partial charge in [-0.3, -0.25) is 0 Å². The minimum atomic E-state index is -0.547. The minimum absolute atomic E-state index is 0.0347. The predicted molar refractivity (Wildman–Crippen MR) is 95.7 cm³/mol. The second kappa shape index (κ2) is 7.45. The van der Waals surface area contributed by atoms with E-state index >= 15 is 0 Å². The Morgan fingerprint density at radius 2 is 2.23 bits per heavy atom. The fourth-order valence-corrected chi connectivity index (χ4v) is 3.06. The molecule has 0 saturated heterocycles. The van der Waals surface area contributed by atoms with Gasteiger partial charge in [-0.25, -0.2) is 13.9 Å². The van der Waals surface area contributed by atoms with Gasteiger partial charge >= 0.3 is 5.97 Å². The van der Waals surface area contributed by atoms with Crippen molar-refractivity contribution in [2.75, 3.05) is 20.7 Å². The zero-order valence-corrected chi connectivity index (χ0v) is 15.6. The highest BCUT2D eigenvalue weighted by atomic mass is 19.1. The van der Waals surface area contributed by atoms with Crippen molar-refractivity contribution in [1.29, 1.82) is 0 Å². The smallest absolute Gasteiger partial charge is 0.345 e. The lowest BCUT2D eigenvalue weighted by atomic mass is 10.0. The summed E-state index contributed by atoms with van der Waals surface area (Å²) in [5.41, 5.74) is 1.58. The maximum atomic E-state index is 14.8. The number of aromatic nitrogens is 2. The first-order chi connectivity index (χ1) is 12.4. The second-order valence-electron chi connectivity index (χ2n) is 6.74. The summed E-state index contributed by atoms with van der Waals surface area (Å²) in [5, 5.41) is 4.45. The molecule has 0 radical (unpaired) electrons. The Morgan fingerprint density at radius 3 is 2.88 bits per heavy atom. The molecule has 140 valence electrons. The van der Waals surface area contributed by atoms with Gasteiger partial charge in [-0.2, -0.15) is 5.10 Å². The molecule has 2 heterocycles. The number of fused-ring (bicyclic) bond motifs is 1. The standard InChI is InChI=1S/C19H24FN3O3/c1-5-25-19(24)16-17(21-23-9-8-12(2)26-18(16)23)14-7-6-13(10-15(14)20)11-22(3)4/h6-7,10,12H,5,8-9,11H2,1-4H3/t12-/m1/s1. The fourth-order valence-electron chi connectivity index (χ4n) is 3.06. The van der Waals surface area contributed by atoms with Crippen LogP contribution in [0.15, 0.2) is 18.2 Å². The third-order valence-electron chi connectivity index (χ3n) is 4.23. The van der Waals surface area contributed by atoms with E-state index in [1.165, 1.54) is 6.07 Å². The molecule has 26 heavy (non-hydrogen) atoms. The third-order valence-corrected chi connectivity index (χ3v) is 4.23. The number of benzene rings is 1. The first-order valence-electron chi connectivity index (χ1n) is 8.78. The van der Waals surface area contributed by atoms with Gasteiger partial charge in [0.1, 0.15) is 17.1 Å². The zero-order chi connectivity index (χ0) is 18.8. The summed E-state index contributed by atoms with van der Waals surface area (Å²) in [5.74, 6) is -0.609. The molecule has 0 aliphatic carbocycles. The lowest BCUT2D eigenvalue weighted by Gasteiger charge is -2.21. The van der Waals surface area contributed by atoms with Gasteiger partial charge in [0, 0.05) is 25.1 Å². The van der Waals surface area contributed by atoms with Crippen molar-refractivity contribution in [2.24, 2.45) is 0 Å². The Morgan fingerprint density at radius 1 is 1.46 bits per heavy atom. The molecule has 6 nitrogen and oxygen atoms in total. The van der Waals surface area contributed by atoms with Gasteiger partial charge in [-0.05, 0) is 45.6 Å². The van der Waals surface area contributed by atoms with Gasteiger partial charge in [-0.15, -0.1) is 0 Å². The van der Waals surface area contributed by atoms with Crippen LogP contribution >= 0.6 is 0 Å². The van der Waals surface area contributed by atoms with Crippen LogP contribution in [0.4, 0.5) is 4.39 Å². The molecule has 3 rings (SSSR count). The van der Waals surface area contributed by atoms with E-state index < -0.39 is 11.8 Å². The van der Waals surface area contributed by atoms with E-state index in [2.05, 4.69) is 5.10 Å². The van der Waals surface area contributed by atoms with E-state index in [1.54, 1.807) is 17.7 Å². The van der Waals surface area contributed by atoms with Crippen molar-refractivity contribution in [3.8, 4) is 17.1 Å². The van der Waals surface area contributed by atoms with E-state index in [0.717, 1.165) is 12.0 Å². The predicted octanol–water partition coefficient (Wildman–Crippen LogP) is 3.10. The molecule has 7 heteroatoms. The van der Waals surface area contributed by atoms with E-state index in [-0.39, 0.29) is 29.5 Å². The van der Waals surface area contributed by atoms with Crippen LogP contribution in [0.5, 0.6) is 5.88 Å². The Kier molecular flexibility index (Phi) is 5.27. The summed E-state index contributed by atoms with van der Waals surface area (Å²) in [4.78, 5) is 14.5. The van der Waals surface area contributed by atoms with Crippen LogP contribution in [0.25, 0.3) is 11.3 Å². The minimum Gasteiger partial charge on any atom is -0.474 e. The molecular formula is C19H24FN3O3. The molecule has 1 aliphatic heterocycles. The summed E-state index contributed by atoms with van der Waals surface area (Å²) in [6.45, 7) is 5.13. The second-order valence-corrected chi connectivity index (χ2v) is 6.74. The number of ether oxygens (including phenoxy) is 2. The number of nitrogens with zero attached hydrogens (tertiary/aromatic N) is 3. The zero-order valence-electron chi connectivity index (χ0n) is 15.6. The van der Waals surface area contributed by atoms with Gasteiger partial charge in [0.05, 0.1) is 12.7 Å². The van der Waals surface area contributed by atoms with E-state index in [1.807, 2.05) is 32.0 Å². The molecular weight excluding hydrogens is 337 g/mol. The fraction of sp³-hybridized carbons (Fsp3) is 0.474. The van der Waals surface area contributed by atoms with E-state index in [4.69, 9.17) is 9.47 Å². The number of aryl methyl sites for hydroxylation is 1.